The van der Waals surface area contributed by atoms with Gasteiger partial charge in [-0.15, -0.1) is 0 Å². The zero-order valence-electron chi connectivity index (χ0n) is 9.00. The molecule has 3 nitrogen and oxygen atoms in total. The minimum atomic E-state index is -0.0881. The van der Waals surface area contributed by atoms with Crippen molar-refractivity contribution in [1.82, 2.24) is 5.32 Å². The van der Waals surface area contributed by atoms with Gasteiger partial charge in [0.1, 0.15) is 0 Å². The Morgan fingerprint density at radius 2 is 1.85 bits per heavy atom. The summed E-state index contributed by atoms with van der Waals surface area (Å²) in [5.74, 6) is 0.491. The van der Waals surface area contributed by atoms with Crippen LogP contribution in [-0.4, -0.2) is 23.7 Å². The maximum atomic E-state index is 11.3. The number of nitrogens with one attached hydrogen (secondary N) is 1. The van der Waals surface area contributed by atoms with Crippen molar-refractivity contribution in [3.8, 4) is 0 Å². The topological polar surface area (TPSA) is 49.3 Å². The van der Waals surface area contributed by atoms with E-state index in [9.17, 15) is 4.79 Å². The van der Waals surface area contributed by atoms with Gasteiger partial charge in [0.15, 0.2) is 0 Å². The first kappa shape index (κ1) is 12.4. The van der Waals surface area contributed by atoms with Gasteiger partial charge in [-0.3, -0.25) is 4.79 Å². The van der Waals surface area contributed by atoms with E-state index in [1.807, 2.05) is 13.8 Å². The Labute approximate surface area is 80.5 Å². The predicted molar refractivity (Wildman–Crippen MR) is 53.3 cm³/mol. The van der Waals surface area contributed by atoms with E-state index in [4.69, 9.17) is 5.11 Å². The van der Waals surface area contributed by atoms with Gasteiger partial charge in [0, 0.05) is 5.92 Å². The lowest BCUT2D eigenvalue weighted by atomic mass is 10.0. The quantitative estimate of drug-likeness (QED) is 0.678. The van der Waals surface area contributed by atoms with Crippen LogP contribution < -0.4 is 5.32 Å². The Hall–Kier alpha value is -0.570. The van der Waals surface area contributed by atoms with E-state index in [2.05, 4.69) is 19.2 Å². The molecule has 0 heterocycles. The summed E-state index contributed by atoms with van der Waals surface area (Å²) in [5, 5.41) is 11.8. The van der Waals surface area contributed by atoms with E-state index >= 15 is 0 Å². The van der Waals surface area contributed by atoms with Gasteiger partial charge in [-0.1, -0.05) is 27.7 Å². The normalized spacial score (nSPS) is 13.5. The monoisotopic (exact) mass is 187 g/mol. The maximum absolute atomic E-state index is 11.3. The van der Waals surface area contributed by atoms with Crippen molar-refractivity contribution < 1.29 is 9.90 Å². The molecule has 0 aliphatic heterocycles. The fourth-order valence-electron chi connectivity index (χ4n) is 1.12. The van der Waals surface area contributed by atoms with Gasteiger partial charge in [0.2, 0.25) is 5.91 Å². The third-order valence-corrected chi connectivity index (χ3v) is 1.85. The number of hydrogen-bond donors (Lipinski definition) is 2. The summed E-state index contributed by atoms with van der Waals surface area (Å²) in [6.07, 6.45) is 0.828. The second kappa shape index (κ2) is 5.97. The van der Waals surface area contributed by atoms with E-state index in [0.29, 0.717) is 5.92 Å². The highest BCUT2D eigenvalue weighted by molar-refractivity contribution is 5.78. The van der Waals surface area contributed by atoms with E-state index in [-0.39, 0.29) is 24.5 Å². The summed E-state index contributed by atoms with van der Waals surface area (Å²) < 4.78 is 0. The van der Waals surface area contributed by atoms with Crippen LogP contribution in [-0.2, 0) is 4.79 Å². The van der Waals surface area contributed by atoms with Gasteiger partial charge in [-0.25, -0.2) is 0 Å². The van der Waals surface area contributed by atoms with Gasteiger partial charge in [-0.05, 0) is 12.3 Å². The molecule has 0 fully saturated rings. The molecular formula is C10H21NO2. The van der Waals surface area contributed by atoms with Crippen molar-refractivity contribution >= 4 is 5.91 Å². The van der Waals surface area contributed by atoms with Crippen LogP contribution in [0.1, 0.15) is 34.1 Å². The van der Waals surface area contributed by atoms with Crippen molar-refractivity contribution in [2.75, 3.05) is 6.61 Å². The van der Waals surface area contributed by atoms with Crippen LogP contribution in [0.25, 0.3) is 0 Å². The largest absolute Gasteiger partial charge is 0.394 e. The van der Waals surface area contributed by atoms with Crippen molar-refractivity contribution in [2.45, 2.75) is 40.2 Å². The number of aliphatic hydroxyl groups excluding tert-OH is 1. The summed E-state index contributed by atoms with van der Waals surface area (Å²) >= 11 is 0. The summed E-state index contributed by atoms with van der Waals surface area (Å²) in [4.78, 5) is 11.3. The molecule has 0 saturated carbocycles. The molecule has 0 unspecified atom stereocenters. The predicted octanol–water partition coefficient (Wildman–Crippen LogP) is 1.17. The van der Waals surface area contributed by atoms with Gasteiger partial charge < -0.3 is 10.4 Å². The Bertz CT molecular complexity index is 155. The first-order valence-corrected chi connectivity index (χ1v) is 4.88. The molecule has 1 atom stereocenters. The molecule has 0 aromatic carbocycles. The smallest absolute Gasteiger partial charge is 0.222 e. The highest BCUT2D eigenvalue weighted by Gasteiger charge is 2.14. The fraction of sp³-hybridized carbons (Fsp3) is 0.900. The number of carbonyl (C=O) groups is 1. The van der Waals surface area contributed by atoms with Gasteiger partial charge in [0.25, 0.3) is 0 Å². The SMILES string of the molecule is CC(C)C[C@H](CO)NC(=O)C(C)C. The number of amides is 1. The number of rotatable bonds is 5. The molecule has 0 radical (unpaired) electrons. The minimum absolute atomic E-state index is 0.0128. The van der Waals surface area contributed by atoms with Crippen LogP contribution >= 0.6 is 0 Å². The summed E-state index contributed by atoms with van der Waals surface area (Å²) in [6.45, 7) is 7.86. The molecule has 1 amide bonds. The van der Waals surface area contributed by atoms with Crippen molar-refractivity contribution in [3.05, 3.63) is 0 Å². The summed E-state index contributed by atoms with van der Waals surface area (Å²) in [5.41, 5.74) is 0. The molecule has 0 saturated heterocycles. The molecule has 3 heteroatoms. The van der Waals surface area contributed by atoms with Crippen LogP contribution in [0.4, 0.5) is 0 Å². The molecule has 0 rings (SSSR count). The minimum Gasteiger partial charge on any atom is -0.394 e. The van der Waals surface area contributed by atoms with E-state index in [1.54, 1.807) is 0 Å². The Balaban J connectivity index is 3.90. The molecule has 0 aliphatic rings. The van der Waals surface area contributed by atoms with Crippen LogP contribution in [0.5, 0.6) is 0 Å². The Morgan fingerprint density at radius 1 is 1.31 bits per heavy atom. The Kier molecular flexibility index (Phi) is 5.71. The summed E-state index contributed by atoms with van der Waals surface area (Å²) in [7, 11) is 0. The second-order valence-electron chi connectivity index (χ2n) is 4.17. The fourth-order valence-corrected chi connectivity index (χ4v) is 1.12. The van der Waals surface area contributed by atoms with Gasteiger partial charge in [0.05, 0.1) is 12.6 Å². The first-order valence-electron chi connectivity index (χ1n) is 4.88. The number of aliphatic hydroxyl groups is 1. The lowest BCUT2D eigenvalue weighted by molar-refractivity contribution is -0.125. The Morgan fingerprint density at radius 3 is 2.15 bits per heavy atom. The average molecular weight is 187 g/mol. The average Bonchev–Trinajstić information content (AvgIpc) is 2.02. The standard InChI is InChI=1S/C10H21NO2/c1-7(2)5-9(6-12)11-10(13)8(3)4/h7-9,12H,5-6H2,1-4H3,(H,11,13)/t9-/m1/s1. The zero-order valence-corrected chi connectivity index (χ0v) is 9.00. The molecule has 0 bridgehead atoms. The van der Waals surface area contributed by atoms with Crippen molar-refractivity contribution in [3.63, 3.8) is 0 Å². The molecule has 78 valence electrons. The van der Waals surface area contributed by atoms with Crippen molar-refractivity contribution in [1.29, 1.82) is 0 Å². The molecule has 13 heavy (non-hydrogen) atoms. The van der Waals surface area contributed by atoms with Crippen LogP contribution in [0.2, 0.25) is 0 Å². The van der Waals surface area contributed by atoms with E-state index in [0.717, 1.165) is 6.42 Å². The van der Waals surface area contributed by atoms with Gasteiger partial charge >= 0.3 is 0 Å². The molecule has 2 N–H and O–H groups in total. The van der Waals surface area contributed by atoms with Crippen LogP contribution in [0.3, 0.4) is 0 Å². The van der Waals surface area contributed by atoms with Crippen LogP contribution in [0.15, 0.2) is 0 Å². The highest BCUT2D eigenvalue weighted by atomic mass is 16.3. The maximum Gasteiger partial charge on any atom is 0.222 e. The first-order chi connectivity index (χ1) is 5.97. The van der Waals surface area contributed by atoms with Crippen molar-refractivity contribution in [2.24, 2.45) is 11.8 Å². The van der Waals surface area contributed by atoms with E-state index < -0.39 is 0 Å². The van der Waals surface area contributed by atoms with Crippen LogP contribution in [0, 0.1) is 11.8 Å². The number of carbonyl (C=O) groups excluding carboxylic acids is 1. The number of hydrogen-bond acceptors (Lipinski definition) is 2. The molecule has 0 aliphatic carbocycles. The highest BCUT2D eigenvalue weighted by Crippen LogP contribution is 2.05. The molecule has 0 spiro atoms. The molecular weight excluding hydrogens is 166 g/mol. The third-order valence-electron chi connectivity index (χ3n) is 1.85. The molecule has 0 aromatic heterocycles. The van der Waals surface area contributed by atoms with E-state index in [1.165, 1.54) is 0 Å². The lowest BCUT2D eigenvalue weighted by Gasteiger charge is -2.19. The second-order valence-corrected chi connectivity index (χ2v) is 4.17. The third kappa shape index (κ3) is 5.64. The zero-order chi connectivity index (χ0) is 10.4. The van der Waals surface area contributed by atoms with Gasteiger partial charge in [-0.2, -0.15) is 0 Å². The summed E-state index contributed by atoms with van der Waals surface area (Å²) in [6, 6.07) is -0.0881. The molecule has 0 aromatic rings. The lowest BCUT2D eigenvalue weighted by Crippen LogP contribution is -2.40.